The summed E-state index contributed by atoms with van der Waals surface area (Å²) in [6.45, 7) is 0. The number of thiophene rings is 2. The van der Waals surface area contributed by atoms with E-state index < -0.39 is 0 Å². The minimum absolute atomic E-state index is 0.0662. The van der Waals surface area contributed by atoms with Crippen molar-refractivity contribution in [3.05, 3.63) is 89.2 Å². The first-order chi connectivity index (χ1) is 13.3. The van der Waals surface area contributed by atoms with Gasteiger partial charge >= 0.3 is 0 Å². The fourth-order valence-corrected chi connectivity index (χ4v) is 6.25. The minimum atomic E-state index is 0.0662. The molecule has 6 rings (SSSR count). The number of hydrogen-bond acceptors (Lipinski definition) is 3. The van der Waals surface area contributed by atoms with Crippen LogP contribution in [0.2, 0.25) is 0 Å². The third-order valence-corrected chi connectivity index (χ3v) is 7.35. The van der Waals surface area contributed by atoms with Gasteiger partial charge in [0.25, 0.3) is 5.56 Å². The number of benzene rings is 3. The van der Waals surface area contributed by atoms with Gasteiger partial charge in [0.15, 0.2) is 0 Å². The van der Waals surface area contributed by atoms with Gasteiger partial charge in [-0.25, -0.2) is 0 Å². The molecule has 0 spiro atoms. The van der Waals surface area contributed by atoms with Crippen LogP contribution in [0.25, 0.3) is 46.2 Å². The summed E-state index contributed by atoms with van der Waals surface area (Å²) in [7, 11) is 0. The Morgan fingerprint density at radius 3 is 1.96 bits per heavy atom. The Morgan fingerprint density at radius 2 is 1.22 bits per heavy atom. The largest absolute Gasteiger partial charge is 0.274 e. The van der Waals surface area contributed by atoms with E-state index in [1.54, 1.807) is 22.7 Å². The Hall–Kier alpha value is -2.95. The molecule has 3 aromatic carbocycles. The van der Waals surface area contributed by atoms with E-state index >= 15 is 0 Å². The van der Waals surface area contributed by atoms with Crippen molar-refractivity contribution in [2.75, 3.05) is 0 Å². The number of fused-ring (bicyclic) bond motifs is 7. The van der Waals surface area contributed by atoms with Gasteiger partial charge in [-0.05, 0) is 24.3 Å². The van der Waals surface area contributed by atoms with E-state index in [0.717, 1.165) is 25.3 Å². The van der Waals surface area contributed by atoms with Crippen LogP contribution in [0.5, 0.6) is 0 Å². The molecule has 128 valence electrons. The van der Waals surface area contributed by atoms with Crippen LogP contribution >= 0.6 is 22.7 Å². The van der Waals surface area contributed by atoms with Crippen molar-refractivity contribution in [1.29, 1.82) is 0 Å². The first-order valence-corrected chi connectivity index (χ1v) is 10.4. The van der Waals surface area contributed by atoms with E-state index in [-0.39, 0.29) is 5.56 Å². The van der Waals surface area contributed by atoms with Crippen molar-refractivity contribution >= 4 is 63.1 Å². The standard InChI is InChI=1S/C23H13NOS2/c25-22-21-19(15-10-4-6-12-17(15)26-21)20-16-11-5-7-13-18(16)27-23(20)24(22)14-8-2-1-3-9-14/h1-13H. The zero-order chi connectivity index (χ0) is 18.0. The first kappa shape index (κ1) is 15.1. The Kier molecular flexibility index (Phi) is 3.10. The number of hydrogen-bond donors (Lipinski definition) is 0. The molecule has 2 nitrogen and oxygen atoms in total. The zero-order valence-corrected chi connectivity index (χ0v) is 15.8. The van der Waals surface area contributed by atoms with Crippen LogP contribution in [0.3, 0.4) is 0 Å². The lowest BCUT2D eigenvalue weighted by atomic mass is 10.1. The quantitative estimate of drug-likeness (QED) is 0.315. The lowest BCUT2D eigenvalue weighted by Gasteiger charge is -2.08. The van der Waals surface area contributed by atoms with Crippen molar-refractivity contribution in [3.63, 3.8) is 0 Å². The molecule has 0 N–H and O–H groups in total. The molecule has 0 aliphatic rings. The summed E-state index contributed by atoms with van der Waals surface area (Å²) in [6, 6.07) is 26.7. The molecule has 0 radical (unpaired) electrons. The van der Waals surface area contributed by atoms with E-state index in [0.29, 0.717) is 0 Å². The third-order valence-electron chi connectivity index (χ3n) is 5.04. The molecule has 0 saturated heterocycles. The van der Waals surface area contributed by atoms with Gasteiger partial charge in [0.1, 0.15) is 9.53 Å². The molecule has 0 aliphatic carbocycles. The summed E-state index contributed by atoms with van der Waals surface area (Å²) in [5.41, 5.74) is 0.981. The molecule has 0 saturated carbocycles. The van der Waals surface area contributed by atoms with Crippen LogP contribution in [0.15, 0.2) is 83.7 Å². The minimum Gasteiger partial charge on any atom is -0.267 e. The molecule has 0 unspecified atom stereocenters. The van der Waals surface area contributed by atoms with Crippen molar-refractivity contribution < 1.29 is 0 Å². The van der Waals surface area contributed by atoms with Gasteiger partial charge in [0, 0.05) is 30.9 Å². The molecule has 6 aromatic rings. The number of nitrogens with zero attached hydrogens (tertiary/aromatic N) is 1. The van der Waals surface area contributed by atoms with Crippen molar-refractivity contribution in [1.82, 2.24) is 4.57 Å². The van der Waals surface area contributed by atoms with Crippen LogP contribution in [0, 0.1) is 0 Å². The van der Waals surface area contributed by atoms with Gasteiger partial charge in [-0.3, -0.25) is 9.36 Å². The summed E-state index contributed by atoms with van der Waals surface area (Å²) in [5.74, 6) is 0. The fraction of sp³-hybridized carbons (Fsp3) is 0. The van der Waals surface area contributed by atoms with Gasteiger partial charge in [-0.2, -0.15) is 0 Å². The molecule has 0 fully saturated rings. The molecule has 3 heterocycles. The maximum Gasteiger partial charge on any atom is 0.274 e. The number of rotatable bonds is 1. The summed E-state index contributed by atoms with van der Waals surface area (Å²) in [6.07, 6.45) is 0. The van der Waals surface area contributed by atoms with E-state index in [1.807, 2.05) is 41.0 Å². The summed E-state index contributed by atoms with van der Waals surface area (Å²) in [4.78, 5) is 14.6. The van der Waals surface area contributed by atoms with E-state index in [4.69, 9.17) is 0 Å². The molecule has 27 heavy (non-hydrogen) atoms. The van der Waals surface area contributed by atoms with Gasteiger partial charge in [-0.15, -0.1) is 22.7 Å². The molecule has 0 aliphatic heterocycles. The molecular formula is C23H13NOS2. The fourth-order valence-electron chi connectivity index (χ4n) is 3.88. The smallest absolute Gasteiger partial charge is 0.267 e. The second-order valence-corrected chi connectivity index (χ2v) is 8.64. The highest BCUT2D eigenvalue weighted by atomic mass is 32.1. The first-order valence-electron chi connectivity index (χ1n) is 8.76. The Morgan fingerprint density at radius 1 is 0.630 bits per heavy atom. The van der Waals surface area contributed by atoms with Crippen molar-refractivity contribution in [3.8, 4) is 5.69 Å². The van der Waals surface area contributed by atoms with E-state index in [2.05, 4.69) is 42.5 Å². The molecule has 0 amide bonds. The predicted octanol–water partition coefficient (Wildman–Crippen LogP) is 6.57. The van der Waals surface area contributed by atoms with Crippen LogP contribution in [-0.2, 0) is 0 Å². The molecule has 0 atom stereocenters. The van der Waals surface area contributed by atoms with Crippen molar-refractivity contribution in [2.24, 2.45) is 0 Å². The highest BCUT2D eigenvalue weighted by molar-refractivity contribution is 7.27. The molecular weight excluding hydrogens is 370 g/mol. The Bertz CT molecular complexity index is 1540. The second kappa shape index (κ2) is 5.52. The van der Waals surface area contributed by atoms with Crippen molar-refractivity contribution in [2.45, 2.75) is 0 Å². The lowest BCUT2D eigenvalue weighted by molar-refractivity contribution is 1.08. The topological polar surface area (TPSA) is 22.0 Å². The zero-order valence-electron chi connectivity index (χ0n) is 14.2. The van der Waals surface area contributed by atoms with Gasteiger partial charge in [0.05, 0.1) is 5.69 Å². The average molecular weight is 383 g/mol. The highest BCUT2D eigenvalue weighted by Gasteiger charge is 2.20. The summed E-state index contributed by atoms with van der Waals surface area (Å²) in [5, 5.41) is 4.67. The van der Waals surface area contributed by atoms with Crippen LogP contribution in [-0.4, -0.2) is 4.57 Å². The Labute approximate surface area is 162 Å². The van der Waals surface area contributed by atoms with E-state index in [9.17, 15) is 4.79 Å². The summed E-state index contributed by atoms with van der Waals surface area (Å²) < 4.78 is 5.08. The van der Waals surface area contributed by atoms with Gasteiger partial charge < -0.3 is 0 Å². The maximum atomic E-state index is 13.6. The maximum absolute atomic E-state index is 13.6. The SMILES string of the molecule is O=c1c2sc3ccccc3c2c2c3ccccc3sc2n1-c1ccccc1. The number of para-hydroxylation sites is 1. The van der Waals surface area contributed by atoms with Crippen LogP contribution in [0.4, 0.5) is 0 Å². The van der Waals surface area contributed by atoms with Gasteiger partial charge in [0.2, 0.25) is 0 Å². The second-order valence-electron chi connectivity index (χ2n) is 6.56. The predicted molar refractivity (Wildman–Crippen MR) is 118 cm³/mol. The normalized spacial score (nSPS) is 11.9. The molecule has 0 bridgehead atoms. The Balaban J connectivity index is 1.98. The summed E-state index contributed by atoms with van der Waals surface area (Å²) >= 11 is 3.29. The molecule has 3 aromatic heterocycles. The van der Waals surface area contributed by atoms with Crippen LogP contribution < -0.4 is 5.56 Å². The van der Waals surface area contributed by atoms with Gasteiger partial charge in [-0.1, -0.05) is 54.6 Å². The van der Waals surface area contributed by atoms with E-state index in [1.165, 1.54) is 20.9 Å². The average Bonchev–Trinajstić information content (AvgIpc) is 3.27. The monoisotopic (exact) mass is 383 g/mol. The number of pyridine rings is 1. The highest BCUT2D eigenvalue weighted by Crippen LogP contribution is 2.43. The molecule has 4 heteroatoms. The third kappa shape index (κ3) is 2.02. The van der Waals surface area contributed by atoms with Crippen LogP contribution in [0.1, 0.15) is 0 Å². The number of aromatic nitrogens is 1. The lowest BCUT2D eigenvalue weighted by Crippen LogP contribution is -2.17.